The molecule has 1 heterocycles. The molecule has 2 rings (SSSR count). The quantitative estimate of drug-likeness (QED) is 0.905. The van der Waals surface area contributed by atoms with E-state index in [4.69, 9.17) is 0 Å². The molecule has 22 heavy (non-hydrogen) atoms. The zero-order valence-corrected chi connectivity index (χ0v) is 14.6. The third-order valence-electron chi connectivity index (χ3n) is 4.90. The smallest absolute Gasteiger partial charge is 0.243 e. The van der Waals surface area contributed by atoms with Crippen molar-refractivity contribution >= 4 is 10.0 Å². The van der Waals surface area contributed by atoms with Gasteiger partial charge in [0.1, 0.15) is 0 Å². The lowest BCUT2D eigenvalue weighted by Gasteiger charge is -2.31. The van der Waals surface area contributed by atoms with Crippen molar-refractivity contribution < 1.29 is 13.5 Å². The third kappa shape index (κ3) is 3.53. The maximum atomic E-state index is 12.7. The van der Waals surface area contributed by atoms with Crippen LogP contribution in [0.4, 0.5) is 0 Å². The van der Waals surface area contributed by atoms with E-state index in [1.165, 1.54) is 4.31 Å². The lowest BCUT2D eigenvalue weighted by molar-refractivity contribution is 0.165. The molecule has 0 aliphatic carbocycles. The molecule has 0 bridgehead atoms. The Morgan fingerprint density at radius 2 is 1.91 bits per heavy atom. The summed E-state index contributed by atoms with van der Waals surface area (Å²) in [6.45, 7) is 7.46. The molecule has 1 unspecified atom stereocenters. The van der Waals surface area contributed by atoms with Gasteiger partial charge in [0.05, 0.1) is 4.90 Å². The Bertz CT molecular complexity index is 593. The van der Waals surface area contributed by atoms with E-state index in [2.05, 4.69) is 20.8 Å². The molecule has 1 fully saturated rings. The van der Waals surface area contributed by atoms with Crippen LogP contribution in [0, 0.1) is 5.92 Å². The second kappa shape index (κ2) is 6.69. The largest absolute Gasteiger partial charge is 0.396 e. The van der Waals surface area contributed by atoms with Crippen molar-refractivity contribution in [3.8, 4) is 0 Å². The molecule has 1 aromatic rings. The van der Waals surface area contributed by atoms with Gasteiger partial charge in [-0.2, -0.15) is 4.31 Å². The number of aliphatic hydroxyl groups is 1. The van der Waals surface area contributed by atoms with E-state index in [-0.39, 0.29) is 17.9 Å². The molecule has 5 heteroatoms. The fraction of sp³-hybridized carbons (Fsp3) is 0.647. The summed E-state index contributed by atoms with van der Waals surface area (Å²) in [6, 6.07) is 7.27. The second-order valence-corrected chi connectivity index (χ2v) is 8.75. The van der Waals surface area contributed by atoms with Crippen LogP contribution in [-0.4, -0.2) is 37.5 Å². The van der Waals surface area contributed by atoms with Gasteiger partial charge in [-0.05, 0) is 48.3 Å². The van der Waals surface area contributed by atoms with Crippen LogP contribution in [0.3, 0.4) is 0 Å². The first-order valence-electron chi connectivity index (χ1n) is 8.03. The van der Waals surface area contributed by atoms with Crippen LogP contribution in [0.5, 0.6) is 0 Å². The Kier molecular flexibility index (Phi) is 5.30. The lowest BCUT2D eigenvalue weighted by atomic mass is 9.82. The Morgan fingerprint density at radius 3 is 2.45 bits per heavy atom. The minimum Gasteiger partial charge on any atom is -0.396 e. The molecule has 0 amide bonds. The van der Waals surface area contributed by atoms with E-state index in [0.717, 1.165) is 24.8 Å². The highest BCUT2D eigenvalue weighted by molar-refractivity contribution is 7.89. The van der Waals surface area contributed by atoms with Crippen molar-refractivity contribution in [1.29, 1.82) is 0 Å². The van der Waals surface area contributed by atoms with Gasteiger partial charge >= 0.3 is 0 Å². The van der Waals surface area contributed by atoms with Crippen LogP contribution >= 0.6 is 0 Å². The van der Waals surface area contributed by atoms with E-state index in [0.29, 0.717) is 18.0 Å². The standard InChI is InChI=1S/C17H27NO3S/c1-4-17(2,3)15-7-9-16(10-8-15)22(20,21)18-11-5-6-14(12-18)13-19/h7-10,14,19H,4-6,11-13H2,1-3H3. The first-order chi connectivity index (χ1) is 10.3. The van der Waals surface area contributed by atoms with Gasteiger partial charge in [-0.15, -0.1) is 0 Å². The normalized spacial score (nSPS) is 21.0. The van der Waals surface area contributed by atoms with Crippen molar-refractivity contribution in [1.82, 2.24) is 4.31 Å². The summed E-state index contributed by atoms with van der Waals surface area (Å²) in [5.74, 6) is 0.0572. The summed E-state index contributed by atoms with van der Waals surface area (Å²) in [5.41, 5.74) is 1.20. The van der Waals surface area contributed by atoms with Gasteiger partial charge in [-0.25, -0.2) is 8.42 Å². The molecule has 0 saturated carbocycles. The summed E-state index contributed by atoms with van der Waals surface area (Å²) in [7, 11) is -3.45. The maximum absolute atomic E-state index is 12.7. The van der Waals surface area contributed by atoms with Gasteiger partial charge in [-0.3, -0.25) is 0 Å². The van der Waals surface area contributed by atoms with E-state index in [1.54, 1.807) is 12.1 Å². The maximum Gasteiger partial charge on any atom is 0.243 e. The number of rotatable bonds is 5. The Hall–Kier alpha value is -0.910. The highest BCUT2D eigenvalue weighted by atomic mass is 32.2. The predicted octanol–water partition coefficient (Wildman–Crippen LogP) is 2.77. The van der Waals surface area contributed by atoms with E-state index < -0.39 is 10.0 Å². The molecule has 1 atom stereocenters. The van der Waals surface area contributed by atoms with Crippen LogP contribution in [0.1, 0.15) is 45.6 Å². The molecular weight excluding hydrogens is 298 g/mol. The molecule has 1 saturated heterocycles. The van der Waals surface area contributed by atoms with Crippen LogP contribution in [0.2, 0.25) is 0 Å². The predicted molar refractivity (Wildman–Crippen MR) is 88.3 cm³/mol. The van der Waals surface area contributed by atoms with Crippen molar-refractivity contribution in [3.05, 3.63) is 29.8 Å². The van der Waals surface area contributed by atoms with Gasteiger partial charge < -0.3 is 5.11 Å². The van der Waals surface area contributed by atoms with Crippen LogP contribution in [0.25, 0.3) is 0 Å². The molecule has 124 valence electrons. The minimum atomic E-state index is -3.45. The number of sulfonamides is 1. The first-order valence-corrected chi connectivity index (χ1v) is 9.47. The number of hydrogen-bond donors (Lipinski definition) is 1. The van der Waals surface area contributed by atoms with Gasteiger partial charge in [0.2, 0.25) is 10.0 Å². The highest BCUT2D eigenvalue weighted by Gasteiger charge is 2.30. The zero-order valence-electron chi connectivity index (χ0n) is 13.7. The van der Waals surface area contributed by atoms with E-state index in [1.807, 2.05) is 12.1 Å². The SMILES string of the molecule is CCC(C)(C)c1ccc(S(=O)(=O)N2CCCC(CO)C2)cc1. The van der Waals surface area contributed by atoms with Crippen molar-refractivity contribution in [2.45, 2.75) is 50.3 Å². The molecule has 1 aliphatic heterocycles. The molecule has 1 aromatic carbocycles. The third-order valence-corrected chi connectivity index (χ3v) is 6.78. The molecule has 0 aromatic heterocycles. The average Bonchev–Trinajstić information content (AvgIpc) is 2.55. The summed E-state index contributed by atoms with van der Waals surface area (Å²) < 4.78 is 27.0. The number of piperidine rings is 1. The van der Waals surface area contributed by atoms with Crippen molar-refractivity contribution in [3.63, 3.8) is 0 Å². The lowest BCUT2D eigenvalue weighted by Crippen LogP contribution is -2.40. The van der Waals surface area contributed by atoms with Crippen LogP contribution in [-0.2, 0) is 15.4 Å². The average molecular weight is 325 g/mol. The Morgan fingerprint density at radius 1 is 1.27 bits per heavy atom. The van der Waals surface area contributed by atoms with E-state index >= 15 is 0 Å². The molecule has 4 nitrogen and oxygen atoms in total. The molecule has 0 radical (unpaired) electrons. The van der Waals surface area contributed by atoms with Crippen LogP contribution in [0.15, 0.2) is 29.2 Å². The molecular formula is C17H27NO3S. The van der Waals surface area contributed by atoms with Gasteiger partial charge in [0.15, 0.2) is 0 Å². The summed E-state index contributed by atoms with van der Waals surface area (Å²) in [5, 5.41) is 9.28. The number of nitrogens with zero attached hydrogens (tertiary/aromatic N) is 1. The highest BCUT2D eigenvalue weighted by Crippen LogP contribution is 2.29. The van der Waals surface area contributed by atoms with Gasteiger partial charge in [0, 0.05) is 19.7 Å². The topological polar surface area (TPSA) is 57.6 Å². The van der Waals surface area contributed by atoms with Crippen molar-refractivity contribution in [2.75, 3.05) is 19.7 Å². The number of benzene rings is 1. The summed E-state index contributed by atoms with van der Waals surface area (Å²) >= 11 is 0. The van der Waals surface area contributed by atoms with Crippen molar-refractivity contribution in [2.24, 2.45) is 5.92 Å². The number of aliphatic hydroxyl groups excluding tert-OH is 1. The fourth-order valence-corrected chi connectivity index (χ4v) is 4.38. The molecule has 1 N–H and O–H groups in total. The Balaban J connectivity index is 2.23. The van der Waals surface area contributed by atoms with Crippen LogP contribution < -0.4 is 0 Å². The first kappa shape index (κ1) is 17.4. The van der Waals surface area contributed by atoms with E-state index in [9.17, 15) is 13.5 Å². The molecule has 0 spiro atoms. The Labute approximate surface area is 134 Å². The summed E-state index contributed by atoms with van der Waals surface area (Å²) in [6.07, 6.45) is 2.71. The van der Waals surface area contributed by atoms with Gasteiger partial charge in [0.25, 0.3) is 0 Å². The number of hydrogen-bond acceptors (Lipinski definition) is 3. The fourth-order valence-electron chi connectivity index (χ4n) is 2.83. The van der Waals surface area contributed by atoms with Gasteiger partial charge in [-0.1, -0.05) is 32.9 Å². The monoisotopic (exact) mass is 325 g/mol. The minimum absolute atomic E-state index is 0.0510. The zero-order chi connectivity index (χ0) is 16.4. The molecule has 1 aliphatic rings. The second-order valence-electron chi connectivity index (χ2n) is 6.82. The summed E-state index contributed by atoms with van der Waals surface area (Å²) in [4.78, 5) is 0.349.